The molecule has 0 aromatic rings. The highest BCUT2D eigenvalue weighted by Crippen LogP contribution is 2.37. The van der Waals surface area contributed by atoms with E-state index in [0.717, 1.165) is 0 Å². The van der Waals surface area contributed by atoms with Crippen LogP contribution < -0.4 is 0 Å². The largest absolute Gasteiger partial charge is 0.465 e. The third-order valence-electron chi connectivity index (χ3n) is 3.26. The summed E-state index contributed by atoms with van der Waals surface area (Å²) in [6.07, 6.45) is -12.1. The van der Waals surface area contributed by atoms with E-state index in [1.54, 1.807) is 0 Å². The predicted octanol–water partition coefficient (Wildman–Crippen LogP) is 2.53. The van der Waals surface area contributed by atoms with Crippen molar-refractivity contribution < 1.29 is 81.9 Å². The molecule has 0 radical (unpaired) electrons. The average Bonchev–Trinajstić information content (AvgIpc) is 2.71. The molecule has 0 N–H and O–H groups in total. The molecule has 202 valence electrons. The van der Waals surface area contributed by atoms with Crippen LogP contribution in [0.1, 0.15) is 0 Å². The number of rotatable bonds is 17. The summed E-state index contributed by atoms with van der Waals surface area (Å²) in [5, 5.41) is 0. The zero-order valence-corrected chi connectivity index (χ0v) is 17.1. The molecule has 18 heteroatoms. The van der Waals surface area contributed by atoms with Crippen molar-refractivity contribution in [2.24, 2.45) is 0 Å². The van der Waals surface area contributed by atoms with Crippen LogP contribution in [0.15, 0.2) is 0 Å². The average molecular weight is 530 g/mol. The summed E-state index contributed by atoms with van der Waals surface area (Å²) < 4.78 is 149. The van der Waals surface area contributed by atoms with Gasteiger partial charge in [0, 0.05) is 0 Å². The molecular formula is C16H20F10O8. The lowest BCUT2D eigenvalue weighted by molar-refractivity contribution is -0.281. The Labute approximate surface area is 185 Å². The first-order valence-corrected chi connectivity index (χ1v) is 9.09. The van der Waals surface area contributed by atoms with Crippen molar-refractivity contribution in [3.8, 4) is 0 Å². The van der Waals surface area contributed by atoms with Gasteiger partial charge >= 0.3 is 36.1 Å². The molecule has 0 aromatic carbocycles. The topological polar surface area (TPSA) is 89.5 Å². The third-order valence-corrected chi connectivity index (χ3v) is 3.26. The third kappa shape index (κ3) is 11.5. The van der Waals surface area contributed by atoms with Crippen molar-refractivity contribution in [2.75, 3.05) is 66.1 Å². The number of ether oxygens (including phenoxy) is 6. The Balaban J connectivity index is 3.53. The maximum atomic E-state index is 12.6. The van der Waals surface area contributed by atoms with Crippen molar-refractivity contribution in [3.05, 3.63) is 0 Å². The second kappa shape index (κ2) is 14.5. The molecule has 0 aliphatic heterocycles. The maximum absolute atomic E-state index is 12.6. The summed E-state index contributed by atoms with van der Waals surface area (Å²) in [5.74, 6) is -16.7. The first-order chi connectivity index (χ1) is 15.5. The lowest BCUT2D eigenvalue weighted by atomic mass is 10.3. The normalized spacial score (nSPS) is 13.1. The van der Waals surface area contributed by atoms with Crippen LogP contribution in [0.25, 0.3) is 0 Å². The van der Waals surface area contributed by atoms with Gasteiger partial charge in [0.05, 0.1) is 52.9 Å². The van der Waals surface area contributed by atoms with Gasteiger partial charge in [-0.2, -0.15) is 43.9 Å². The van der Waals surface area contributed by atoms with E-state index in [-0.39, 0.29) is 39.6 Å². The Morgan fingerprint density at radius 2 is 0.618 bits per heavy atom. The van der Waals surface area contributed by atoms with E-state index < -0.39 is 62.6 Å². The number of hydrogen-bond donors (Lipinski definition) is 0. The fourth-order valence-corrected chi connectivity index (χ4v) is 1.56. The number of carbonyl (C=O) groups excluding carboxylic acids is 2. The van der Waals surface area contributed by atoms with Gasteiger partial charge in [0.1, 0.15) is 13.2 Å². The Morgan fingerprint density at radius 3 is 0.824 bits per heavy atom. The van der Waals surface area contributed by atoms with Gasteiger partial charge in [-0.05, 0) is 0 Å². The van der Waals surface area contributed by atoms with E-state index in [2.05, 4.69) is 9.47 Å². The summed E-state index contributed by atoms with van der Waals surface area (Å²) in [6.45, 7) is -2.78. The van der Waals surface area contributed by atoms with Crippen molar-refractivity contribution >= 4 is 11.9 Å². The number of halogens is 10. The van der Waals surface area contributed by atoms with Crippen LogP contribution in [0, 0.1) is 0 Å². The summed E-state index contributed by atoms with van der Waals surface area (Å²) >= 11 is 0. The quantitative estimate of drug-likeness (QED) is 0.161. The molecule has 0 aliphatic carbocycles. The Hall–Kier alpha value is -1.92. The SMILES string of the molecule is O=C(OCCOCCOCCOCCOCCOC(=O)C(F)(F)C(F)(F)F)C(F)(F)C(F)(F)F. The molecule has 0 heterocycles. The standard InChI is InChI=1S/C16H20F10O8/c17-13(18,15(21,22)23)11(27)33-9-7-31-5-3-29-1-2-30-4-6-32-8-10-34-12(28)14(19,20)16(24,25)26/h1-10H2. The summed E-state index contributed by atoms with van der Waals surface area (Å²) in [6, 6.07) is 0. The minimum Gasteiger partial charge on any atom is -0.459 e. The molecule has 0 fully saturated rings. The van der Waals surface area contributed by atoms with E-state index in [9.17, 15) is 53.5 Å². The minimum absolute atomic E-state index is 0.0273. The van der Waals surface area contributed by atoms with Crippen LogP contribution >= 0.6 is 0 Å². The van der Waals surface area contributed by atoms with Crippen LogP contribution in [0.2, 0.25) is 0 Å². The van der Waals surface area contributed by atoms with Gasteiger partial charge < -0.3 is 28.4 Å². The lowest BCUT2D eigenvalue weighted by Gasteiger charge is -2.17. The predicted molar refractivity (Wildman–Crippen MR) is 87.2 cm³/mol. The fourth-order valence-electron chi connectivity index (χ4n) is 1.56. The molecule has 0 aliphatic rings. The van der Waals surface area contributed by atoms with Crippen LogP contribution in [-0.2, 0) is 38.0 Å². The van der Waals surface area contributed by atoms with E-state index >= 15 is 0 Å². The number of hydrogen-bond acceptors (Lipinski definition) is 8. The highest BCUT2D eigenvalue weighted by molar-refractivity contribution is 5.79. The van der Waals surface area contributed by atoms with Gasteiger partial charge in [-0.15, -0.1) is 0 Å². The monoisotopic (exact) mass is 530 g/mol. The highest BCUT2D eigenvalue weighted by atomic mass is 19.4. The molecule has 0 spiro atoms. The Morgan fingerprint density at radius 1 is 0.412 bits per heavy atom. The first-order valence-electron chi connectivity index (χ1n) is 9.09. The Kier molecular flexibility index (Phi) is 13.7. The van der Waals surface area contributed by atoms with E-state index in [4.69, 9.17) is 18.9 Å². The number of carbonyl (C=O) groups is 2. The molecule has 8 nitrogen and oxygen atoms in total. The summed E-state index contributed by atoms with van der Waals surface area (Å²) in [4.78, 5) is 21.3. The van der Waals surface area contributed by atoms with Gasteiger partial charge in [0.25, 0.3) is 0 Å². The van der Waals surface area contributed by atoms with Crippen LogP contribution in [-0.4, -0.2) is 102 Å². The van der Waals surface area contributed by atoms with E-state index in [0.29, 0.717) is 0 Å². The minimum atomic E-state index is -6.07. The molecular weight excluding hydrogens is 510 g/mol. The first kappa shape index (κ1) is 32.1. The molecule has 0 saturated heterocycles. The fraction of sp³-hybridized carbons (Fsp3) is 0.875. The van der Waals surface area contributed by atoms with Crippen molar-refractivity contribution in [3.63, 3.8) is 0 Å². The molecule has 0 amide bonds. The number of alkyl halides is 10. The molecule has 34 heavy (non-hydrogen) atoms. The van der Waals surface area contributed by atoms with Gasteiger partial charge in [-0.1, -0.05) is 0 Å². The summed E-state index contributed by atoms with van der Waals surface area (Å²) in [7, 11) is 0. The Bertz CT molecular complexity index is 558. The van der Waals surface area contributed by atoms with Gasteiger partial charge in [0.2, 0.25) is 0 Å². The van der Waals surface area contributed by atoms with E-state index in [1.165, 1.54) is 0 Å². The maximum Gasteiger partial charge on any atom is 0.465 e. The smallest absolute Gasteiger partial charge is 0.459 e. The molecule has 0 bridgehead atoms. The van der Waals surface area contributed by atoms with Crippen molar-refractivity contribution in [1.29, 1.82) is 0 Å². The molecule has 0 saturated carbocycles. The zero-order valence-electron chi connectivity index (χ0n) is 17.1. The van der Waals surface area contributed by atoms with Crippen LogP contribution in [0.4, 0.5) is 43.9 Å². The molecule has 0 aromatic heterocycles. The van der Waals surface area contributed by atoms with Crippen molar-refractivity contribution in [1.82, 2.24) is 0 Å². The second-order valence-electron chi connectivity index (χ2n) is 5.87. The number of esters is 2. The lowest BCUT2D eigenvalue weighted by Crippen LogP contribution is -2.45. The highest BCUT2D eigenvalue weighted by Gasteiger charge is 2.65. The van der Waals surface area contributed by atoms with Crippen LogP contribution in [0.3, 0.4) is 0 Å². The summed E-state index contributed by atoms with van der Waals surface area (Å²) in [5.41, 5.74) is 0. The molecule has 0 atom stereocenters. The van der Waals surface area contributed by atoms with Gasteiger partial charge in [-0.3, -0.25) is 0 Å². The second-order valence-corrected chi connectivity index (χ2v) is 5.87. The van der Waals surface area contributed by atoms with Gasteiger partial charge in [-0.25, -0.2) is 9.59 Å². The molecule has 0 unspecified atom stereocenters. The van der Waals surface area contributed by atoms with E-state index in [1.807, 2.05) is 0 Å². The molecule has 0 rings (SSSR count). The van der Waals surface area contributed by atoms with Crippen LogP contribution in [0.5, 0.6) is 0 Å². The zero-order chi connectivity index (χ0) is 26.5. The van der Waals surface area contributed by atoms with Crippen molar-refractivity contribution in [2.45, 2.75) is 24.2 Å². The van der Waals surface area contributed by atoms with Gasteiger partial charge in [0.15, 0.2) is 0 Å².